The van der Waals surface area contributed by atoms with Crippen molar-refractivity contribution in [2.75, 3.05) is 7.05 Å². The van der Waals surface area contributed by atoms with Gasteiger partial charge < -0.3 is 0 Å². The van der Waals surface area contributed by atoms with Gasteiger partial charge in [-0.05, 0) is 12.8 Å². The number of nitrogens with zero attached hydrogens (tertiary/aromatic N) is 1. The van der Waals surface area contributed by atoms with Gasteiger partial charge in [0.05, 0.1) is 0 Å². The van der Waals surface area contributed by atoms with Crippen molar-refractivity contribution in [1.29, 1.82) is 0 Å². The van der Waals surface area contributed by atoms with Crippen molar-refractivity contribution in [3.8, 4) is 0 Å². The van der Waals surface area contributed by atoms with Crippen molar-refractivity contribution in [2.45, 2.75) is 25.8 Å². The highest BCUT2D eigenvalue weighted by molar-refractivity contribution is 7.87. The molecule has 0 spiro atoms. The summed E-state index contributed by atoms with van der Waals surface area (Å²) in [5, 5.41) is 0. The largest absolute Gasteiger partial charge is 0.303 e. The van der Waals surface area contributed by atoms with E-state index in [2.05, 4.69) is 0 Å². The van der Waals surface area contributed by atoms with Gasteiger partial charge in [-0.15, -0.1) is 0 Å². The molecule has 70 valence electrons. The molecule has 1 rings (SSSR count). The van der Waals surface area contributed by atoms with E-state index in [1.807, 2.05) is 4.72 Å². The maximum absolute atomic E-state index is 11.2. The quantitative estimate of drug-likeness (QED) is 0.653. The number of hydrogen-bond donors (Lipinski definition) is 1. The molecule has 5 nitrogen and oxygen atoms in total. The van der Waals surface area contributed by atoms with E-state index in [9.17, 15) is 13.2 Å². The van der Waals surface area contributed by atoms with E-state index in [0.717, 1.165) is 12.8 Å². The molecule has 0 saturated heterocycles. The normalized spacial score (nSPS) is 17.9. The molecule has 0 unspecified atom stereocenters. The van der Waals surface area contributed by atoms with Gasteiger partial charge in [-0.2, -0.15) is 12.7 Å². The van der Waals surface area contributed by atoms with Crippen molar-refractivity contribution in [2.24, 2.45) is 0 Å². The summed E-state index contributed by atoms with van der Waals surface area (Å²) in [4.78, 5) is 10.5. The van der Waals surface area contributed by atoms with E-state index in [1.165, 1.54) is 18.3 Å². The first-order valence-electron chi connectivity index (χ1n) is 3.70. The van der Waals surface area contributed by atoms with Crippen LogP contribution in [0.4, 0.5) is 0 Å². The highest BCUT2D eigenvalue weighted by Crippen LogP contribution is 2.26. The third-order valence-corrected chi connectivity index (χ3v) is 3.31. The van der Waals surface area contributed by atoms with E-state index in [1.54, 1.807) is 0 Å². The van der Waals surface area contributed by atoms with Crippen LogP contribution >= 0.6 is 0 Å². The highest BCUT2D eigenvalue weighted by Gasteiger charge is 2.34. The molecule has 1 fully saturated rings. The van der Waals surface area contributed by atoms with Crippen LogP contribution in [-0.4, -0.2) is 31.7 Å². The first-order chi connectivity index (χ1) is 5.43. The van der Waals surface area contributed by atoms with Crippen molar-refractivity contribution >= 4 is 16.1 Å². The van der Waals surface area contributed by atoms with E-state index in [4.69, 9.17) is 0 Å². The zero-order chi connectivity index (χ0) is 9.35. The summed E-state index contributed by atoms with van der Waals surface area (Å²) in [6, 6.07) is 0.0850. The maximum atomic E-state index is 11.2. The van der Waals surface area contributed by atoms with Crippen LogP contribution in [0.15, 0.2) is 0 Å². The molecule has 1 aliphatic carbocycles. The van der Waals surface area contributed by atoms with Crippen LogP contribution in [0, 0.1) is 0 Å². The van der Waals surface area contributed by atoms with Gasteiger partial charge in [-0.25, -0.2) is 4.72 Å². The minimum Gasteiger partial charge on any atom is -0.274 e. The second-order valence-electron chi connectivity index (χ2n) is 2.91. The first kappa shape index (κ1) is 9.47. The van der Waals surface area contributed by atoms with Crippen LogP contribution < -0.4 is 4.72 Å². The molecule has 0 radical (unpaired) electrons. The lowest BCUT2D eigenvalue weighted by atomic mass is 10.7. The summed E-state index contributed by atoms with van der Waals surface area (Å²) < 4.78 is 25.5. The molecule has 1 amide bonds. The Hall–Kier alpha value is -0.620. The Kier molecular flexibility index (Phi) is 2.39. The van der Waals surface area contributed by atoms with Crippen LogP contribution in [0.3, 0.4) is 0 Å². The molecular formula is C6H12N2O3S. The molecule has 0 atom stereocenters. The highest BCUT2D eigenvalue weighted by atomic mass is 32.2. The Labute approximate surface area is 71.9 Å². The standard InChI is InChI=1S/C6H12N2O3S/c1-5(9)7-12(10,11)8(2)6-3-4-6/h6H,3-4H2,1-2H3,(H,7,9). The van der Waals surface area contributed by atoms with Gasteiger partial charge in [0.2, 0.25) is 5.91 Å². The minimum atomic E-state index is -3.56. The Balaban J connectivity index is 2.63. The maximum Gasteiger partial charge on any atom is 0.303 e. The zero-order valence-electron chi connectivity index (χ0n) is 7.07. The number of nitrogens with one attached hydrogen (secondary N) is 1. The summed E-state index contributed by atoms with van der Waals surface area (Å²) in [5.74, 6) is -0.553. The molecule has 0 bridgehead atoms. The Bertz CT molecular complexity index is 281. The average molecular weight is 192 g/mol. The summed E-state index contributed by atoms with van der Waals surface area (Å²) >= 11 is 0. The molecule has 1 N–H and O–H groups in total. The van der Waals surface area contributed by atoms with Crippen molar-refractivity contribution in [1.82, 2.24) is 9.03 Å². The number of rotatable bonds is 3. The van der Waals surface area contributed by atoms with E-state index in [-0.39, 0.29) is 6.04 Å². The minimum absolute atomic E-state index is 0.0850. The fourth-order valence-corrected chi connectivity index (χ4v) is 2.00. The lowest BCUT2D eigenvalue weighted by Gasteiger charge is -2.15. The van der Waals surface area contributed by atoms with Crippen LogP contribution in [0.25, 0.3) is 0 Å². The fourth-order valence-electron chi connectivity index (χ4n) is 0.888. The number of hydrogen-bond acceptors (Lipinski definition) is 3. The molecule has 1 aliphatic rings. The zero-order valence-corrected chi connectivity index (χ0v) is 7.89. The Morgan fingerprint density at radius 2 is 2.00 bits per heavy atom. The molecule has 12 heavy (non-hydrogen) atoms. The molecule has 6 heteroatoms. The monoisotopic (exact) mass is 192 g/mol. The second kappa shape index (κ2) is 3.02. The molecular weight excluding hydrogens is 180 g/mol. The lowest BCUT2D eigenvalue weighted by molar-refractivity contribution is -0.117. The number of carbonyl (C=O) groups excluding carboxylic acids is 1. The average Bonchev–Trinajstić information content (AvgIpc) is 2.63. The summed E-state index contributed by atoms with van der Waals surface area (Å²) in [5.41, 5.74) is 0. The van der Waals surface area contributed by atoms with Crippen molar-refractivity contribution < 1.29 is 13.2 Å². The van der Waals surface area contributed by atoms with Gasteiger partial charge in [0.15, 0.2) is 0 Å². The Morgan fingerprint density at radius 3 is 2.33 bits per heavy atom. The molecule has 0 heterocycles. The molecule has 0 aromatic carbocycles. The number of amides is 1. The van der Waals surface area contributed by atoms with Crippen LogP contribution in [0.1, 0.15) is 19.8 Å². The predicted octanol–water partition coefficient (Wildman–Crippen LogP) is -0.538. The smallest absolute Gasteiger partial charge is 0.274 e. The van der Waals surface area contributed by atoms with Crippen molar-refractivity contribution in [3.63, 3.8) is 0 Å². The van der Waals surface area contributed by atoms with Gasteiger partial charge in [-0.3, -0.25) is 4.79 Å². The third kappa shape index (κ3) is 2.18. The van der Waals surface area contributed by atoms with Gasteiger partial charge in [0.25, 0.3) is 0 Å². The summed E-state index contributed by atoms with van der Waals surface area (Å²) in [7, 11) is -2.09. The topological polar surface area (TPSA) is 66.5 Å². The third-order valence-electron chi connectivity index (χ3n) is 1.71. The van der Waals surface area contributed by atoms with E-state index >= 15 is 0 Å². The van der Waals surface area contributed by atoms with Crippen LogP contribution in [0.5, 0.6) is 0 Å². The molecule has 0 aromatic heterocycles. The predicted molar refractivity (Wildman–Crippen MR) is 43.5 cm³/mol. The Morgan fingerprint density at radius 1 is 1.50 bits per heavy atom. The van der Waals surface area contributed by atoms with Crippen molar-refractivity contribution in [3.05, 3.63) is 0 Å². The molecule has 1 saturated carbocycles. The first-order valence-corrected chi connectivity index (χ1v) is 5.14. The summed E-state index contributed by atoms with van der Waals surface area (Å²) in [6.07, 6.45) is 1.77. The van der Waals surface area contributed by atoms with Gasteiger partial charge in [-0.1, -0.05) is 0 Å². The molecule has 0 aromatic rings. The summed E-state index contributed by atoms with van der Waals surface area (Å²) in [6.45, 7) is 1.18. The second-order valence-corrected chi connectivity index (χ2v) is 4.64. The lowest BCUT2D eigenvalue weighted by Crippen LogP contribution is -2.41. The van der Waals surface area contributed by atoms with Gasteiger partial charge in [0.1, 0.15) is 0 Å². The van der Waals surface area contributed by atoms with Crippen LogP contribution in [-0.2, 0) is 15.0 Å². The van der Waals surface area contributed by atoms with Crippen LogP contribution in [0.2, 0.25) is 0 Å². The van der Waals surface area contributed by atoms with E-state index in [0.29, 0.717) is 0 Å². The van der Waals surface area contributed by atoms with Gasteiger partial charge >= 0.3 is 10.2 Å². The van der Waals surface area contributed by atoms with E-state index < -0.39 is 16.1 Å². The SMILES string of the molecule is CC(=O)NS(=O)(=O)N(C)C1CC1. The van der Waals surface area contributed by atoms with Gasteiger partial charge in [0, 0.05) is 20.0 Å². The number of carbonyl (C=O) groups is 1. The fraction of sp³-hybridized carbons (Fsp3) is 0.833. The molecule has 0 aliphatic heterocycles.